The molecule has 0 aliphatic heterocycles. The summed E-state index contributed by atoms with van der Waals surface area (Å²) in [5.41, 5.74) is 0. The first-order valence-corrected chi connectivity index (χ1v) is 4.81. The summed E-state index contributed by atoms with van der Waals surface area (Å²) in [7, 11) is -0.639. The molecule has 0 aliphatic carbocycles. The van der Waals surface area contributed by atoms with Crippen LogP contribution in [0.5, 0.6) is 0 Å². The maximum absolute atomic E-state index is 4.90. The van der Waals surface area contributed by atoms with Crippen LogP contribution in [0.3, 0.4) is 0 Å². The molecule has 0 aliphatic rings. The van der Waals surface area contributed by atoms with Crippen LogP contribution in [0.1, 0.15) is 0 Å². The van der Waals surface area contributed by atoms with Gasteiger partial charge in [0.15, 0.2) is 0 Å². The molecule has 0 bridgehead atoms. The monoisotopic (exact) mass is 124 g/mol. The third kappa shape index (κ3) is 9.20. The first-order valence-electron chi connectivity index (χ1n) is 0.535. The fourth-order valence-corrected chi connectivity index (χ4v) is 0. The Morgan fingerprint density at radius 1 is 1.25 bits per heavy atom. The molecule has 4 heteroatoms. The van der Waals surface area contributed by atoms with E-state index in [1.165, 1.54) is 0 Å². The average molecular weight is 125 g/mol. The van der Waals surface area contributed by atoms with Crippen molar-refractivity contribution in [2.45, 2.75) is 0 Å². The van der Waals surface area contributed by atoms with Gasteiger partial charge in [-0.1, -0.05) is 0 Å². The van der Waals surface area contributed by atoms with Crippen LogP contribution < -0.4 is 0 Å². The minimum atomic E-state index is -0.639. The SMILES string of the molecule is Cl[SiH2]Cl.[NaH]. The van der Waals surface area contributed by atoms with Crippen molar-refractivity contribution in [3.8, 4) is 0 Å². The van der Waals surface area contributed by atoms with Gasteiger partial charge in [-0.2, -0.15) is 22.2 Å². The van der Waals surface area contributed by atoms with Gasteiger partial charge in [0.25, 0.3) is 0 Å². The molecule has 0 aromatic heterocycles. The van der Waals surface area contributed by atoms with Crippen LogP contribution in [0.25, 0.3) is 0 Å². The fraction of sp³-hybridized carbons (Fsp3) is 0. The third-order valence-corrected chi connectivity index (χ3v) is 0. The van der Waals surface area contributed by atoms with Gasteiger partial charge in [-0.3, -0.25) is 0 Å². The molecular formula is H3Cl2NaSi. The molecule has 0 atom stereocenters. The molecule has 0 amide bonds. The molecule has 4 heavy (non-hydrogen) atoms. The summed E-state index contributed by atoms with van der Waals surface area (Å²) in [6.07, 6.45) is 0. The molecular weight excluding hydrogens is 122 g/mol. The Kier molecular flexibility index (Phi) is 20.4. The van der Waals surface area contributed by atoms with E-state index in [-0.39, 0.29) is 29.6 Å². The Labute approximate surface area is 59.4 Å². The summed E-state index contributed by atoms with van der Waals surface area (Å²) in [6, 6.07) is 0. The normalized spacial score (nSPS) is 4.50. The summed E-state index contributed by atoms with van der Waals surface area (Å²) in [4.78, 5) is 0. The topological polar surface area (TPSA) is 0 Å². The van der Waals surface area contributed by atoms with Gasteiger partial charge in [-0.05, 0) is 0 Å². The Balaban J connectivity index is 0. The minimum absolute atomic E-state index is 0. The molecule has 0 saturated carbocycles. The number of hydrogen-bond acceptors (Lipinski definition) is 0. The van der Waals surface area contributed by atoms with Gasteiger partial charge >= 0.3 is 29.6 Å². The Bertz CT molecular complexity index is 6.00. The predicted molar refractivity (Wildman–Crippen MR) is 27.4 cm³/mol. The molecule has 0 rings (SSSR count). The van der Waals surface area contributed by atoms with Crippen LogP contribution in [0.15, 0.2) is 0 Å². The summed E-state index contributed by atoms with van der Waals surface area (Å²) < 4.78 is 0. The van der Waals surface area contributed by atoms with Gasteiger partial charge in [-0.25, -0.2) is 0 Å². The van der Waals surface area contributed by atoms with Gasteiger partial charge in [0.05, 0.1) is 0 Å². The Morgan fingerprint density at radius 2 is 1.25 bits per heavy atom. The molecule has 0 saturated heterocycles. The van der Waals surface area contributed by atoms with Gasteiger partial charge in [0, 0.05) is 0 Å². The quantitative estimate of drug-likeness (QED) is 0.311. The van der Waals surface area contributed by atoms with E-state index in [9.17, 15) is 0 Å². The van der Waals surface area contributed by atoms with Crippen LogP contribution in [0, 0.1) is 0 Å². The molecule has 0 N–H and O–H groups in total. The van der Waals surface area contributed by atoms with Crippen molar-refractivity contribution in [1.29, 1.82) is 0 Å². The van der Waals surface area contributed by atoms with Crippen molar-refractivity contribution in [1.82, 2.24) is 0 Å². The van der Waals surface area contributed by atoms with E-state index >= 15 is 0 Å². The van der Waals surface area contributed by atoms with E-state index in [1.54, 1.807) is 0 Å². The fourth-order valence-electron chi connectivity index (χ4n) is 0. The van der Waals surface area contributed by atoms with E-state index in [1.807, 2.05) is 0 Å². The number of rotatable bonds is 0. The molecule has 0 nitrogen and oxygen atoms in total. The van der Waals surface area contributed by atoms with Crippen molar-refractivity contribution in [2.75, 3.05) is 0 Å². The van der Waals surface area contributed by atoms with Crippen LogP contribution in [-0.4, -0.2) is 37.7 Å². The molecule has 0 aromatic carbocycles. The summed E-state index contributed by atoms with van der Waals surface area (Å²) in [6.45, 7) is 0. The summed E-state index contributed by atoms with van der Waals surface area (Å²) in [5.74, 6) is 0. The van der Waals surface area contributed by atoms with Crippen LogP contribution in [0.4, 0.5) is 0 Å². The van der Waals surface area contributed by atoms with Gasteiger partial charge in [0.1, 0.15) is 0 Å². The second kappa shape index (κ2) is 8.84. The van der Waals surface area contributed by atoms with E-state index in [0.717, 1.165) is 0 Å². The molecule has 0 fully saturated rings. The Hall–Kier alpha value is 1.80. The van der Waals surface area contributed by atoms with E-state index < -0.39 is 8.14 Å². The van der Waals surface area contributed by atoms with Crippen molar-refractivity contribution in [3.63, 3.8) is 0 Å². The first kappa shape index (κ1) is 9.25. The number of hydrogen-bond donors (Lipinski definition) is 0. The molecule has 0 heterocycles. The van der Waals surface area contributed by atoms with Gasteiger partial charge in [0.2, 0.25) is 8.14 Å². The second-order valence-electron chi connectivity index (χ2n) is 0.101. The van der Waals surface area contributed by atoms with E-state index in [4.69, 9.17) is 22.2 Å². The van der Waals surface area contributed by atoms with Crippen molar-refractivity contribution < 1.29 is 0 Å². The molecule has 0 spiro atoms. The van der Waals surface area contributed by atoms with Crippen LogP contribution in [-0.2, 0) is 0 Å². The van der Waals surface area contributed by atoms with Gasteiger partial charge in [-0.15, -0.1) is 0 Å². The molecule has 0 radical (unpaired) electrons. The third-order valence-electron chi connectivity index (χ3n) is 0. The van der Waals surface area contributed by atoms with Crippen molar-refractivity contribution in [3.05, 3.63) is 0 Å². The summed E-state index contributed by atoms with van der Waals surface area (Å²) >= 11 is 9.81. The predicted octanol–water partition coefficient (Wildman–Crippen LogP) is -0.186. The average Bonchev–Trinajstić information content (AvgIpc) is 0.918. The van der Waals surface area contributed by atoms with E-state index in [0.29, 0.717) is 0 Å². The zero-order valence-electron chi connectivity index (χ0n) is 1.46. The van der Waals surface area contributed by atoms with Crippen LogP contribution >= 0.6 is 22.2 Å². The Morgan fingerprint density at radius 3 is 1.25 bits per heavy atom. The molecule has 22 valence electrons. The zero-order chi connectivity index (χ0) is 2.71. The van der Waals surface area contributed by atoms with Crippen LogP contribution in [0.2, 0.25) is 0 Å². The van der Waals surface area contributed by atoms with E-state index in [2.05, 4.69) is 0 Å². The molecule has 0 aromatic rings. The molecule has 0 unspecified atom stereocenters. The maximum atomic E-state index is 4.90. The first-order chi connectivity index (χ1) is 1.41. The van der Waals surface area contributed by atoms with Crippen molar-refractivity contribution >= 4 is 59.9 Å². The van der Waals surface area contributed by atoms with Crippen molar-refractivity contribution in [2.24, 2.45) is 0 Å². The second-order valence-corrected chi connectivity index (χ2v) is 2.73. The van der Waals surface area contributed by atoms with Gasteiger partial charge < -0.3 is 0 Å². The summed E-state index contributed by atoms with van der Waals surface area (Å²) in [5, 5.41) is 0. The number of halogens is 2. The zero-order valence-corrected chi connectivity index (χ0v) is 4.39. The standard InChI is InChI=1S/Cl2H2Si.Na.H/c1-3-2;;/h3H2;;.